The number of thioether (sulfide) groups is 1. The van der Waals surface area contributed by atoms with Crippen molar-refractivity contribution in [3.8, 4) is 17.2 Å². The molecule has 1 aliphatic heterocycles. The molecule has 2 amide bonds. The number of nitrogens with one attached hydrogen (secondary N) is 1. The van der Waals surface area contributed by atoms with Gasteiger partial charge in [-0.1, -0.05) is 36.0 Å². The molecule has 0 spiro atoms. The fourth-order valence-electron chi connectivity index (χ4n) is 3.52. The zero-order valence-electron chi connectivity index (χ0n) is 19.6. The maximum absolute atomic E-state index is 13.3. The highest BCUT2D eigenvalue weighted by atomic mass is 32.2. The highest BCUT2D eigenvalue weighted by Crippen LogP contribution is 2.35. The lowest BCUT2D eigenvalue weighted by atomic mass is 10.2. The number of para-hydroxylation sites is 1. The van der Waals surface area contributed by atoms with Gasteiger partial charge in [0.2, 0.25) is 11.8 Å². The lowest BCUT2D eigenvalue weighted by molar-refractivity contribution is -0.121. The summed E-state index contributed by atoms with van der Waals surface area (Å²) in [6.45, 7) is 0. The second-order valence-electron chi connectivity index (χ2n) is 7.66. The van der Waals surface area contributed by atoms with E-state index in [0.29, 0.717) is 33.6 Å². The van der Waals surface area contributed by atoms with E-state index in [9.17, 15) is 14.7 Å². The van der Waals surface area contributed by atoms with Crippen molar-refractivity contribution in [2.24, 2.45) is 10.2 Å². The summed E-state index contributed by atoms with van der Waals surface area (Å²) in [7, 11) is 3.10. The Kier molecular flexibility index (Phi) is 7.86. The van der Waals surface area contributed by atoms with Gasteiger partial charge >= 0.3 is 0 Å². The molecule has 0 bridgehead atoms. The number of hydrogen-bond acceptors (Lipinski definition) is 8. The average Bonchev–Trinajstić information content (AvgIpc) is 3.18. The number of benzene rings is 3. The van der Waals surface area contributed by atoms with E-state index in [-0.39, 0.29) is 24.0 Å². The van der Waals surface area contributed by atoms with E-state index in [1.807, 2.05) is 18.2 Å². The van der Waals surface area contributed by atoms with Crippen molar-refractivity contribution >= 4 is 46.3 Å². The molecule has 3 aromatic carbocycles. The predicted octanol–water partition coefficient (Wildman–Crippen LogP) is 4.28. The molecule has 0 radical (unpaired) electrons. The van der Waals surface area contributed by atoms with Crippen molar-refractivity contribution in [2.45, 2.75) is 11.7 Å². The maximum Gasteiger partial charge on any atom is 0.247 e. The number of nitrogens with zero attached hydrogens (tertiary/aromatic N) is 3. The summed E-state index contributed by atoms with van der Waals surface area (Å²) in [5, 5.41) is 20.7. The van der Waals surface area contributed by atoms with Gasteiger partial charge in [-0.3, -0.25) is 14.5 Å². The predicted molar refractivity (Wildman–Crippen MR) is 141 cm³/mol. The molecule has 1 heterocycles. The van der Waals surface area contributed by atoms with Gasteiger partial charge in [-0.2, -0.15) is 5.10 Å². The molecule has 1 atom stereocenters. The van der Waals surface area contributed by atoms with Gasteiger partial charge in [-0.15, -0.1) is 5.10 Å². The monoisotopic (exact) mass is 504 g/mol. The quantitative estimate of drug-likeness (QED) is 0.350. The minimum Gasteiger partial charge on any atom is -0.508 e. The lowest BCUT2D eigenvalue weighted by Gasteiger charge is -2.16. The van der Waals surface area contributed by atoms with E-state index >= 15 is 0 Å². The van der Waals surface area contributed by atoms with Crippen molar-refractivity contribution < 1.29 is 24.2 Å². The van der Waals surface area contributed by atoms with Crippen LogP contribution >= 0.6 is 11.8 Å². The second kappa shape index (κ2) is 11.4. The number of carbonyl (C=O) groups excluding carboxylic acids is 2. The third-order valence-corrected chi connectivity index (χ3v) is 6.34. The maximum atomic E-state index is 13.3. The first kappa shape index (κ1) is 24.8. The number of rotatable bonds is 8. The molecule has 1 aliphatic rings. The van der Waals surface area contributed by atoms with Gasteiger partial charge in [0, 0.05) is 18.2 Å². The van der Waals surface area contributed by atoms with Crippen LogP contribution in [0.4, 0.5) is 11.4 Å². The van der Waals surface area contributed by atoms with Crippen LogP contribution < -0.4 is 19.7 Å². The lowest BCUT2D eigenvalue weighted by Crippen LogP contribution is -2.33. The van der Waals surface area contributed by atoms with Gasteiger partial charge in [0.05, 0.1) is 26.1 Å². The highest BCUT2D eigenvalue weighted by Gasteiger charge is 2.40. The number of amidine groups is 1. The molecule has 0 aliphatic carbocycles. The first-order valence-corrected chi connectivity index (χ1v) is 11.8. The van der Waals surface area contributed by atoms with E-state index in [1.165, 1.54) is 23.2 Å². The van der Waals surface area contributed by atoms with Gasteiger partial charge < -0.3 is 19.9 Å². The number of phenols is 1. The fourth-order valence-corrected chi connectivity index (χ4v) is 4.61. The summed E-state index contributed by atoms with van der Waals surface area (Å²) < 4.78 is 10.6. The number of phenolic OH excluding ortho intramolecular Hbond substituents is 1. The topological polar surface area (TPSA) is 113 Å². The van der Waals surface area contributed by atoms with Gasteiger partial charge in [-0.25, -0.2) is 0 Å². The molecule has 1 unspecified atom stereocenters. The van der Waals surface area contributed by atoms with Crippen LogP contribution in [-0.2, 0) is 9.59 Å². The molecule has 4 rings (SSSR count). The van der Waals surface area contributed by atoms with Crippen molar-refractivity contribution in [1.82, 2.24) is 0 Å². The van der Waals surface area contributed by atoms with Crippen LogP contribution in [0.2, 0.25) is 0 Å². The van der Waals surface area contributed by atoms with Crippen molar-refractivity contribution in [3.63, 3.8) is 0 Å². The van der Waals surface area contributed by atoms with Crippen LogP contribution in [0, 0.1) is 0 Å². The summed E-state index contributed by atoms with van der Waals surface area (Å²) in [6, 6.07) is 20.6. The summed E-state index contributed by atoms with van der Waals surface area (Å²) in [5.74, 6) is 0.519. The number of ether oxygens (including phenoxy) is 2. The molecule has 3 aromatic rings. The Balaban J connectivity index is 1.57. The molecule has 184 valence electrons. The van der Waals surface area contributed by atoms with Crippen LogP contribution in [0.5, 0.6) is 17.2 Å². The van der Waals surface area contributed by atoms with E-state index in [4.69, 9.17) is 9.47 Å². The first-order valence-electron chi connectivity index (χ1n) is 11.0. The largest absolute Gasteiger partial charge is 0.508 e. The average molecular weight is 505 g/mol. The zero-order chi connectivity index (χ0) is 25.5. The molecule has 1 fully saturated rings. The van der Waals surface area contributed by atoms with Gasteiger partial charge in [0.15, 0.2) is 16.7 Å². The molecule has 1 saturated heterocycles. The van der Waals surface area contributed by atoms with Crippen molar-refractivity contribution in [2.75, 3.05) is 24.4 Å². The number of anilines is 2. The van der Waals surface area contributed by atoms with Gasteiger partial charge in [0.1, 0.15) is 11.0 Å². The van der Waals surface area contributed by atoms with Crippen molar-refractivity contribution in [1.29, 1.82) is 0 Å². The van der Waals surface area contributed by atoms with Crippen LogP contribution in [0.25, 0.3) is 0 Å². The Labute approximate surface area is 212 Å². The SMILES string of the molecule is COc1ccc(/C=N/N=C2/SC(CC(=O)Nc3ccccc3)C(=O)N2c2cccc(O)c2)cc1OC. The number of hydrogen-bond donors (Lipinski definition) is 2. The van der Waals surface area contributed by atoms with E-state index in [0.717, 1.165) is 11.8 Å². The Morgan fingerprint density at radius 1 is 1.06 bits per heavy atom. The molecule has 36 heavy (non-hydrogen) atoms. The van der Waals surface area contributed by atoms with Crippen LogP contribution in [-0.4, -0.2) is 47.8 Å². The van der Waals surface area contributed by atoms with Gasteiger partial charge in [0.25, 0.3) is 0 Å². The van der Waals surface area contributed by atoms with Gasteiger partial charge in [-0.05, 0) is 48.0 Å². The number of amides is 2. The Morgan fingerprint density at radius 3 is 2.56 bits per heavy atom. The standard InChI is InChI=1S/C26H24N4O5S/c1-34-21-12-11-17(13-22(21)35-2)16-27-29-26-30(19-9-6-10-20(31)14-19)25(33)23(36-26)15-24(32)28-18-7-4-3-5-8-18/h3-14,16,23,31H,15H2,1-2H3,(H,28,32)/b27-16+,29-26+. The summed E-state index contributed by atoms with van der Waals surface area (Å²) in [5.41, 5.74) is 1.80. The second-order valence-corrected chi connectivity index (χ2v) is 8.83. The Morgan fingerprint density at radius 2 is 1.83 bits per heavy atom. The first-order chi connectivity index (χ1) is 17.5. The van der Waals surface area contributed by atoms with Crippen LogP contribution in [0.3, 0.4) is 0 Å². The molecule has 0 saturated carbocycles. The molecular formula is C26H24N4O5S. The van der Waals surface area contributed by atoms with E-state index in [1.54, 1.807) is 56.7 Å². The number of methoxy groups -OCH3 is 2. The van der Waals surface area contributed by atoms with E-state index < -0.39 is 5.25 Å². The molecule has 0 aromatic heterocycles. The highest BCUT2D eigenvalue weighted by molar-refractivity contribution is 8.16. The number of carbonyl (C=O) groups is 2. The Hall–Kier alpha value is -4.31. The van der Waals surface area contributed by atoms with Crippen molar-refractivity contribution in [3.05, 3.63) is 78.4 Å². The van der Waals surface area contributed by atoms with Crippen LogP contribution in [0.1, 0.15) is 12.0 Å². The van der Waals surface area contributed by atoms with E-state index in [2.05, 4.69) is 15.5 Å². The summed E-state index contributed by atoms with van der Waals surface area (Å²) in [4.78, 5) is 27.2. The molecule has 2 N–H and O–H groups in total. The molecule has 9 nitrogen and oxygen atoms in total. The smallest absolute Gasteiger partial charge is 0.247 e. The summed E-state index contributed by atoms with van der Waals surface area (Å²) in [6.07, 6.45) is 1.47. The zero-order valence-corrected chi connectivity index (χ0v) is 20.4. The fraction of sp³-hybridized carbons (Fsp3) is 0.154. The third kappa shape index (κ3) is 5.84. The summed E-state index contributed by atoms with van der Waals surface area (Å²) >= 11 is 1.14. The molecule has 10 heteroatoms. The molecular weight excluding hydrogens is 480 g/mol. The normalized spacial score (nSPS) is 16.5. The minimum absolute atomic E-state index is 0.00347. The Bertz CT molecular complexity index is 1310. The number of aromatic hydroxyl groups is 1. The minimum atomic E-state index is -0.703. The third-order valence-electron chi connectivity index (χ3n) is 5.21. The van der Waals surface area contributed by atoms with Crippen LogP contribution in [0.15, 0.2) is 83.0 Å².